The first-order chi connectivity index (χ1) is 3.13. The number of alkyl halides is 2. The molecule has 0 aliphatic heterocycles. The summed E-state index contributed by atoms with van der Waals surface area (Å²) in [6.07, 6.45) is -3.61. The minimum absolute atomic E-state index is 0.944. The fraction of sp³-hybridized carbons (Fsp3) is 0.667. The molecule has 0 saturated heterocycles. The van der Waals surface area contributed by atoms with Crippen molar-refractivity contribution in [2.75, 3.05) is 0 Å². The van der Waals surface area contributed by atoms with E-state index in [9.17, 15) is 13.6 Å². The van der Waals surface area contributed by atoms with Gasteiger partial charge in [-0.25, -0.2) is 8.78 Å². The number of amides is 1. The quantitative estimate of drug-likeness (QED) is 0.506. The van der Waals surface area contributed by atoms with Gasteiger partial charge in [0.1, 0.15) is 0 Å². The number of carbonyl (C=O) groups is 1. The molecule has 0 aliphatic rings. The first-order valence-electron chi connectivity index (χ1n) is 1.65. The first kappa shape index (κ1) is 6.33. The second-order valence-electron chi connectivity index (χ2n) is 1.02. The van der Waals surface area contributed by atoms with E-state index in [1.807, 2.05) is 0 Å². The van der Waals surface area contributed by atoms with Gasteiger partial charge in [0.25, 0.3) is 0 Å². The molecule has 0 atom stereocenters. The molecule has 0 aromatic rings. The highest BCUT2D eigenvalue weighted by Crippen LogP contribution is 1.95. The van der Waals surface area contributed by atoms with Crippen LogP contribution in [0, 0.1) is 0 Å². The van der Waals surface area contributed by atoms with Crippen LogP contribution < -0.4 is 5.73 Å². The minimum Gasteiger partial charge on any atom is -0.273 e. The highest BCUT2D eigenvalue weighted by Gasteiger charge is 2.05. The van der Waals surface area contributed by atoms with Crippen molar-refractivity contribution in [3.63, 3.8) is 0 Å². The molecule has 0 spiro atoms. The van der Waals surface area contributed by atoms with E-state index in [4.69, 9.17) is 5.73 Å². The zero-order valence-corrected chi connectivity index (χ0v) is 3.45. The topological polar surface area (TPSA) is 40.9 Å². The highest BCUT2D eigenvalue weighted by atomic mass is 19.3. The van der Waals surface area contributed by atoms with Crippen LogP contribution in [0.1, 0.15) is 6.42 Å². The number of carbonyl (C=O) groups excluding carboxylic acids is 1. The zero-order valence-electron chi connectivity index (χ0n) is 3.45. The summed E-state index contributed by atoms with van der Waals surface area (Å²) < 4.78 is 21.9. The Labute approximate surface area is 39.3 Å². The van der Waals surface area contributed by atoms with Crippen molar-refractivity contribution in [3.05, 3.63) is 0 Å². The molecule has 0 aromatic carbocycles. The Morgan fingerprint density at radius 1 is 1.71 bits per heavy atom. The van der Waals surface area contributed by atoms with E-state index in [1.165, 1.54) is 0 Å². The summed E-state index contributed by atoms with van der Waals surface area (Å²) in [5, 5.41) is 0. The Hall–Kier alpha value is -0.670. The van der Waals surface area contributed by atoms with Gasteiger partial charge in [0.2, 0.25) is 12.3 Å². The zero-order chi connectivity index (χ0) is 5.86. The molecule has 0 aliphatic carbocycles. The van der Waals surface area contributed by atoms with Gasteiger partial charge >= 0.3 is 0 Å². The van der Waals surface area contributed by atoms with E-state index >= 15 is 0 Å². The van der Waals surface area contributed by atoms with Gasteiger partial charge < -0.3 is 0 Å². The highest BCUT2D eigenvalue weighted by molar-refractivity contribution is 5.73. The second kappa shape index (κ2) is 2.49. The number of nitrogens with one attached hydrogen (secondary N) is 1. The summed E-state index contributed by atoms with van der Waals surface area (Å²) in [7, 11) is 0. The van der Waals surface area contributed by atoms with Crippen LogP contribution in [-0.2, 0) is 4.79 Å². The maximum Gasteiger partial charge on any atom is 0.247 e. The Bertz CT molecular complexity index is 73.3. The van der Waals surface area contributed by atoms with Gasteiger partial charge in [-0.2, -0.15) is 0 Å². The van der Waals surface area contributed by atoms with Gasteiger partial charge in [-0.15, -0.1) is 0 Å². The van der Waals surface area contributed by atoms with Crippen molar-refractivity contribution < 1.29 is 13.6 Å². The third-order valence-corrected chi connectivity index (χ3v) is 0.340. The van der Waals surface area contributed by atoms with Crippen LogP contribution in [0.15, 0.2) is 0 Å². The molecule has 1 radical (unpaired) electrons. The van der Waals surface area contributed by atoms with Crippen LogP contribution in [0.4, 0.5) is 8.78 Å². The lowest BCUT2D eigenvalue weighted by Crippen LogP contribution is -2.03. The lowest BCUT2D eigenvalue weighted by atomic mass is 10.4. The van der Waals surface area contributed by atoms with E-state index < -0.39 is 18.8 Å². The maximum absolute atomic E-state index is 10.9. The molecule has 1 N–H and O–H groups in total. The molecule has 0 heterocycles. The molecule has 41 valence electrons. The predicted molar refractivity (Wildman–Crippen MR) is 18.7 cm³/mol. The molecule has 2 nitrogen and oxygen atoms in total. The Morgan fingerprint density at radius 2 is 2.14 bits per heavy atom. The standard InChI is InChI=1S/C3H4F2NO/c4-2(5)1-3(6)7/h2,6H,1H2. The van der Waals surface area contributed by atoms with Crippen LogP contribution in [-0.4, -0.2) is 12.3 Å². The number of rotatable bonds is 2. The summed E-state index contributed by atoms with van der Waals surface area (Å²) >= 11 is 0. The predicted octanol–water partition coefficient (Wildman–Crippen LogP) is 0.451. The summed E-state index contributed by atoms with van der Waals surface area (Å²) in [6.45, 7) is 0. The van der Waals surface area contributed by atoms with E-state index in [2.05, 4.69) is 0 Å². The molecule has 1 amide bonds. The fourth-order valence-electron chi connectivity index (χ4n) is 0.140. The molecule has 0 unspecified atom stereocenters. The monoisotopic (exact) mass is 108 g/mol. The number of hydrogen-bond acceptors (Lipinski definition) is 1. The van der Waals surface area contributed by atoms with Gasteiger partial charge in [-0.1, -0.05) is 0 Å². The Kier molecular flexibility index (Phi) is 2.26. The molecule has 7 heavy (non-hydrogen) atoms. The largest absolute Gasteiger partial charge is 0.273 e. The molecule has 4 heteroatoms. The average Bonchev–Trinajstić information content (AvgIpc) is 1.27. The second-order valence-corrected chi connectivity index (χ2v) is 1.02. The van der Waals surface area contributed by atoms with E-state index in [0.29, 0.717) is 0 Å². The SMILES string of the molecule is [NH]C(=O)CC(F)F. The van der Waals surface area contributed by atoms with Crippen molar-refractivity contribution in [2.45, 2.75) is 12.8 Å². The summed E-state index contributed by atoms with van der Waals surface area (Å²) in [6, 6.07) is 0. The summed E-state index contributed by atoms with van der Waals surface area (Å²) in [4.78, 5) is 9.44. The summed E-state index contributed by atoms with van der Waals surface area (Å²) in [5.41, 5.74) is 5.99. The van der Waals surface area contributed by atoms with Crippen molar-refractivity contribution in [2.24, 2.45) is 0 Å². The van der Waals surface area contributed by atoms with Crippen molar-refractivity contribution in [3.8, 4) is 0 Å². The molecule has 0 rings (SSSR count). The van der Waals surface area contributed by atoms with Crippen LogP contribution in [0.2, 0.25) is 0 Å². The molecule has 0 saturated carbocycles. The Balaban J connectivity index is 3.13. The number of halogens is 2. The molecular formula is C3H4F2NO. The minimum atomic E-state index is -2.66. The van der Waals surface area contributed by atoms with Gasteiger partial charge in [0, 0.05) is 0 Å². The van der Waals surface area contributed by atoms with Crippen molar-refractivity contribution in [1.29, 1.82) is 0 Å². The van der Waals surface area contributed by atoms with Crippen LogP contribution >= 0.6 is 0 Å². The van der Waals surface area contributed by atoms with Crippen LogP contribution in [0.5, 0.6) is 0 Å². The van der Waals surface area contributed by atoms with Crippen molar-refractivity contribution >= 4 is 5.91 Å². The molecule has 0 bridgehead atoms. The average molecular weight is 108 g/mol. The fourth-order valence-corrected chi connectivity index (χ4v) is 0.140. The van der Waals surface area contributed by atoms with Gasteiger partial charge in [-0.3, -0.25) is 10.5 Å². The van der Waals surface area contributed by atoms with E-state index in [0.717, 1.165) is 0 Å². The first-order valence-corrected chi connectivity index (χ1v) is 1.65. The van der Waals surface area contributed by atoms with Crippen molar-refractivity contribution in [1.82, 2.24) is 5.73 Å². The van der Waals surface area contributed by atoms with Gasteiger partial charge in [0.15, 0.2) is 0 Å². The maximum atomic E-state index is 10.9. The normalized spacial score (nSPS) is 9.57. The van der Waals surface area contributed by atoms with Crippen LogP contribution in [0.3, 0.4) is 0 Å². The lowest BCUT2D eigenvalue weighted by Gasteiger charge is -1.87. The smallest absolute Gasteiger partial charge is 0.247 e. The lowest BCUT2D eigenvalue weighted by molar-refractivity contribution is -0.121. The Morgan fingerprint density at radius 3 is 2.14 bits per heavy atom. The molecule has 0 aromatic heterocycles. The molecule has 0 fully saturated rings. The third kappa shape index (κ3) is 5.33. The third-order valence-electron chi connectivity index (χ3n) is 0.340. The number of hydrogen-bond donors (Lipinski definition) is 0. The summed E-state index contributed by atoms with van der Waals surface area (Å²) in [5.74, 6) is -1.21. The van der Waals surface area contributed by atoms with E-state index in [-0.39, 0.29) is 0 Å². The van der Waals surface area contributed by atoms with Gasteiger partial charge in [0.05, 0.1) is 6.42 Å². The molecular weight excluding hydrogens is 104 g/mol. The van der Waals surface area contributed by atoms with Gasteiger partial charge in [-0.05, 0) is 0 Å². The van der Waals surface area contributed by atoms with E-state index in [1.54, 1.807) is 0 Å². The van der Waals surface area contributed by atoms with Crippen LogP contribution in [0.25, 0.3) is 0 Å².